The van der Waals surface area contributed by atoms with E-state index >= 15 is 0 Å². The van der Waals surface area contributed by atoms with Gasteiger partial charge in [0.25, 0.3) is 0 Å². The standard InChI is InChI=1S/C21H37N3O2.HI/c1-22-20(23-4-2-5-25-13-16-3-6-26-14-16)24-15-21-10-17-7-18(11-21)9-19(8-17)12-21;/h16-19H,2-15H2,1H3,(H2,22,23,24);1H. The molecule has 5 rings (SSSR count). The van der Waals surface area contributed by atoms with Gasteiger partial charge in [-0.2, -0.15) is 0 Å². The summed E-state index contributed by atoms with van der Waals surface area (Å²) in [4.78, 5) is 4.42. The van der Waals surface area contributed by atoms with Gasteiger partial charge in [-0.25, -0.2) is 0 Å². The Morgan fingerprint density at radius 1 is 1.11 bits per heavy atom. The summed E-state index contributed by atoms with van der Waals surface area (Å²) in [6, 6.07) is 0. The first-order valence-corrected chi connectivity index (χ1v) is 10.8. The van der Waals surface area contributed by atoms with E-state index in [1.807, 2.05) is 7.05 Å². The smallest absolute Gasteiger partial charge is 0.190 e. The highest BCUT2D eigenvalue weighted by molar-refractivity contribution is 14.0. The van der Waals surface area contributed by atoms with Crippen LogP contribution in [-0.2, 0) is 9.47 Å². The second-order valence-electron chi connectivity index (χ2n) is 9.43. The largest absolute Gasteiger partial charge is 0.381 e. The summed E-state index contributed by atoms with van der Waals surface area (Å²) >= 11 is 0. The molecule has 4 bridgehead atoms. The molecule has 0 radical (unpaired) electrons. The molecule has 4 saturated carbocycles. The van der Waals surface area contributed by atoms with Crippen LogP contribution >= 0.6 is 24.0 Å². The quantitative estimate of drug-likeness (QED) is 0.237. The lowest BCUT2D eigenvalue weighted by molar-refractivity contribution is -0.0492. The first kappa shape index (κ1) is 21.6. The number of aliphatic imine (C=N–C) groups is 1. The topological polar surface area (TPSA) is 54.9 Å². The normalized spacial score (nSPS) is 37.3. The van der Waals surface area contributed by atoms with Crippen LogP contribution in [0.3, 0.4) is 0 Å². The number of rotatable bonds is 8. The molecule has 1 unspecified atom stereocenters. The number of hydrogen-bond donors (Lipinski definition) is 2. The number of halogens is 1. The Balaban J connectivity index is 0.00000210. The van der Waals surface area contributed by atoms with Gasteiger partial charge in [0, 0.05) is 39.3 Å². The van der Waals surface area contributed by atoms with Crippen molar-refractivity contribution in [2.24, 2.45) is 34.1 Å². The van der Waals surface area contributed by atoms with Crippen molar-refractivity contribution in [1.82, 2.24) is 10.6 Å². The molecule has 1 aliphatic heterocycles. The maximum atomic E-state index is 5.78. The van der Waals surface area contributed by atoms with Crippen molar-refractivity contribution in [1.29, 1.82) is 0 Å². The molecule has 156 valence electrons. The van der Waals surface area contributed by atoms with Crippen LogP contribution in [0.2, 0.25) is 0 Å². The van der Waals surface area contributed by atoms with Gasteiger partial charge in [0.15, 0.2) is 5.96 Å². The van der Waals surface area contributed by atoms with E-state index in [-0.39, 0.29) is 24.0 Å². The Labute approximate surface area is 181 Å². The molecule has 1 saturated heterocycles. The molecule has 0 aromatic rings. The fourth-order valence-electron chi connectivity index (χ4n) is 6.34. The molecule has 0 amide bonds. The number of ether oxygens (including phenoxy) is 2. The molecular formula is C21H38IN3O2. The molecule has 2 N–H and O–H groups in total. The summed E-state index contributed by atoms with van der Waals surface area (Å²) in [5, 5.41) is 7.11. The zero-order chi connectivity index (χ0) is 17.8. The van der Waals surface area contributed by atoms with Gasteiger partial charge in [-0.3, -0.25) is 4.99 Å². The Morgan fingerprint density at radius 2 is 1.81 bits per heavy atom. The molecule has 5 nitrogen and oxygen atoms in total. The van der Waals surface area contributed by atoms with Gasteiger partial charge in [-0.15, -0.1) is 24.0 Å². The molecule has 1 heterocycles. The minimum atomic E-state index is 0. The Kier molecular flexibility index (Phi) is 8.09. The fourth-order valence-corrected chi connectivity index (χ4v) is 6.34. The molecule has 4 aliphatic carbocycles. The lowest BCUT2D eigenvalue weighted by atomic mass is 9.49. The van der Waals surface area contributed by atoms with Gasteiger partial charge in [0.2, 0.25) is 0 Å². The third kappa shape index (κ3) is 5.72. The SMILES string of the molecule is CN=C(NCCCOCC1CCOC1)NCC12CC3CC(CC(C3)C1)C2.I. The van der Waals surface area contributed by atoms with Gasteiger partial charge in [-0.1, -0.05) is 0 Å². The molecule has 5 fully saturated rings. The summed E-state index contributed by atoms with van der Waals surface area (Å²) in [5.41, 5.74) is 0.554. The number of guanidine groups is 1. The molecule has 6 heteroatoms. The van der Waals surface area contributed by atoms with E-state index in [4.69, 9.17) is 9.47 Å². The molecule has 0 aromatic heterocycles. The molecule has 1 atom stereocenters. The van der Waals surface area contributed by atoms with E-state index in [2.05, 4.69) is 15.6 Å². The van der Waals surface area contributed by atoms with Gasteiger partial charge >= 0.3 is 0 Å². The van der Waals surface area contributed by atoms with Crippen molar-refractivity contribution in [3.05, 3.63) is 0 Å². The zero-order valence-corrected chi connectivity index (χ0v) is 19.2. The van der Waals surface area contributed by atoms with E-state index in [0.717, 1.165) is 76.1 Å². The third-order valence-electron chi connectivity index (χ3n) is 7.15. The van der Waals surface area contributed by atoms with Gasteiger partial charge < -0.3 is 20.1 Å². The van der Waals surface area contributed by atoms with Crippen LogP contribution in [-0.4, -0.2) is 52.5 Å². The zero-order valence-electron chi connectivity index (χ0n) is 16.9. The predicted molar refractivity (Wildman–Crippen MR) is 120 cm³/mol. The molecular weight excluding hydrogens is 453 g/mol. The average Bonchev–Trinajstić information content (AvgIpc) is 3.13. The predicted octanol–water partition coefficient (Wildman–Crippen LogP) is 3.43. The molecule has 0 aromatic carbocycles. The number of nitrogens with one attached hydrogen (secondary N) is 2. The average molecular weight is 491 g/mol. The highest BCUT2D eigenvalue weighted by Crippen LogP contribution is 2.59. The maximum Gasteiger partial charge on any atom is 0.190 e. The highest BCUT2D eigenvalue weighted by Gasteiger charge is 2.50. The molecule has 5 aliphatic rings. The van der Waals surface area contributed by atoms with Crippen LogP contribution in [0.4, 0.5) is 0 Å². The summed E-state index contributed by atoms with van der Waals surface area (Å²) < 4.78 is 11.2. The Hall–Kier alpha value is -0.0800. The van der Waals surface area contributed by atoms with Gasteiger partial charge in [0.05, 0.1) is 13.2 Å². The molecule has 0 spiro atoms. The third-order valence-corrected chi connectivity index (χ3v) is 7.15. The van der Waals surface area contributed by atoms with Gasteiger partial charge in [-0.05, 0) is 74.5 Å². The van der Waals surface area contributed by atoms with Crippen molar-refractivity contribution in [2.45, 2.75) is 51.4 Å². The second kappa shape index (κ2) is 10.1. The Morgan fingerprint density at radius 3 is 2.41 bits per heavy atom. The van der Waals surface area contributed by atoms with E-state index in [9.17, 15) is 0 Å². The van der Waals surface area contributed by atoms with Crippen LogP contribution in [0.25, 0.3) is 0 Å². The summed E-state index contributed by atoms with van der Waals surface area (Å²) in [6.07, 6.45) is 11.0. The fraction of sp³-hybridized carbons (Fsp3) is 0.952. The van der Waals surface area contributed by atoms with Crippen molar-refractivity contribution in [2.75, 3.05) is 46.6 Å². The number of hydrogen-bond acceptors (Lipinski definition) is 3. The van der Waals surface area contributed by atoms with Crippen molar-refractivity contribution >= 4 is 29.9 Å². The summed E-state index contributed by atoms with van der Waals surface area (Å²) in [5.74, 6) is 4.61. The van der Waals surface area contributed by atoms with Gasteiger partial charge in [0.1, 0.15) is 0 Å². The van der Waals surface area contributed by atoms with Crippen LogP contribution in [0.5, 0.6) is 0 Å². The Bertz CT molecular complexity index is 459. The minimum Gasteiger partial charge on any atom is -0.381 e. The van der Waals surface area contributed by atoms with Crippen LogP contribution in [0.15, 0.2) is 4.99 Å². The monoisotopic (exact) mass is 491 g/mol. The highest BCUT2D eigenvalue weighted by atomic mass is 127. The lowest BCUT2D eigenvalue weighted by Crippen LogP contribution is -2.52. The van der Waals surface area contributed by atoms with E-state index < -0.39 is 0 Å². The lowest BCUT2D eigenvalue weighted by Gasteiger charge is -2.57. The van der Waals surface area contributed by atoms with E-state index in [1.165, 1.54) is 38.5 Å². The van der Waals surface area contributed by atoms with E-state index in [1.54, 1.807) is 0 Å². The first-order chi connectivity index (χ1) is 12.7. The van der Waals surface area contributed by atoms with Crippen LogP contribution < -0.4 is 10.6 Å². The maximum absolute atomic E-state index is 5.78. The summed E-state index contributed by atoms with van der Waals surface area (Å²) in [7, 11) is 1.88. The molecule has 27 heavy (non-hydrogen) atoms. The second-order valence-corrected chi connectivity index (χ2v) is 9.43. The van der Waals surface area contributed by atoms with Crippen molar-refractivity contribution in [3.63, 3.8) is 0 Å². The van der Waals surface area contributed by atoms with E-state index in [0.29, 0.717) is 11.3 Å². The van der Waals surface area contributed by atoms with Crippen LogP contribution in [0.1, 0.15) is 51.4 Å². The van der Waals surface area contributed by atoms with Crippen molar-refractivity contribution < 1.29 is 9.47 Å². The number of nitrogens with zero attached hydrogens (tertiary/aromatic N) is 1. The summed E-state index contributed by atoms with van der Waals surface area (Å²) in [6.45, 7) is 5.46. The first-order valence-electron chi connectivity index (χ1n) is 10.8. The van der Waals surface area contributed by atoms with Crippen LogP contribution in [0, 0.1) is 29.1 Å². The minimum absolute atomic E-state index is 0. The van der Waals surface area contributed by atoms with Crippen molar-refractivity contribution in [3.8, 4) is 0 Å².